The van der Waals surface area contributed by atoms with Crippen molar-refractivity contribution >= 4 is 32.9 Å². The summed E-state index contributed by atoms with van der Waals surface area (Å²) in [6.07, 6.45) is -25.6. The van der Waals surface area contributed by atoms with Crippen LogP contribution < -0.4 is 11.5 Å². The van der Waals surface area contributed by atoms with E-state index in [9.17, 15) is 62.9 Å². The summed E-state index contributed by atoms with van der Waals surface area (Å²) in [4.78, 5) is 0. The van der Waals surface area contributed by atoms with Crippen molar-refractivity contribution in [1.82, 2.24) is 0 Å². The Morgan fingerprint density at radius 3 is 0.944 bits per heavy atom. The highest BCUT2D eigenvalue weighted by atomic mass is 19.4. The second kappa shape index (κ2) is 7.68. The molecular formula is C20H12F12N2O2. The minimum Gasteiger partial charge on any atom is -0.398 e. The van der Waals surface area contributed by atoms with E-state index in [1.54, 1.807) is 0 Å². The summed E-state index contributed by atoms with van der Waals surface area (Å²) in [6, 6.07) is 3.03. The zero-order chi connectivity index (χ0) is 27.9. The molecule has 0 aliphatic carbocycles. The van der Waals surface area contributed by atoms with Gasteiger partial charge in [0.1, 0.15) is 0 Å². The van der Waals surface area contributed by atoms with Crippen LogP contribution in [0.2, 0.25) is 0 Å². The third-order valence-corrected chi connectivity index (χ3v) is 5.59. The molecule has 0 spiro atoms. The van der Waals surface area contributed by atoms with Gasteiger partial charge in [-0.3, -0.25) is 0 Å². The van der Waals surface area contributed by atoms with Gasteiger partial charge in [-0.2, -0.15) is 52.7 Å². The third-order valence-electron chi connectivity index (χ3n) is 5.59. The normalized spacial score (nSPS) is 14.6. The predicted molar refractivity (Wildman–Crippen MR) is 102 cm³/mol. The molecule has 0 amide bonds. The number of nitrogen functional groups attached to an aromatic ring is 2. The molecule has 4 nitrogen and oxygen atoms in total. The molecule has 0 saturated heterocycles. The van der Waals surface area contributed by atoms with Gasteiger partial charge in [0.15, 0.2) is 0 Å². The Morgan fingerprint density at radius 1 is 0.472 bits per heavy atom. The van der Waals surface area contributed by atoms with E-state index in [4.69, 9.17) is 11.5 Å². The van der Waals surface area contributed by atoms with Crippen molar-refractivity contribution in [2.75, 3.05) is 11.5 Å². The molecule has 6 N–H and O–H groups in total. The van der Waals surface area contributed by atoms with E-state index in [2.05, 4.69) is 0 Å². The van der Waals surface area contributed by atoms with Crippen molar-refractivity contribution in [3.05, 3.63) is 47.5 Å². The molecule has 198 valence electrons. The first-order chi connectivity index (χ1) is 16.0. The lowest BCUT2D eigenvalue weighted by atomic mass is 9.83. The Balaban J connectivity index is 2.57. The Kier molecular flexibility index (Phi) is 5.85. The number of fused-ring (bicyclic) bond motifs is 2. The van der Waals surface area contributed by atoms with Gasteiger partial charge in [-0.05, 0) is 45.8 Å². The first-order valence-corrected chi connectivity index (χ1v) is 9.27. The quantitative estimate of drug-likeness (QED) is 0.188. The van der Waals surface area contributed by atoms with E-state index in [-0.39, 0.29) is 0 Å². The van der Waals surface area contributed by atoms with Gasteiger partial charge in [0.25, 0.3) is 11.2 Å². The predicted octanol–water partition coefficient (Wildman–Crippen LogP) is 5.78. The van der Waals surface area contributed by atoms with Gasteiger partial charge < -0.3 is 21.7 Å². The van der Waals surface area contributed by atoms with Crippen LogP contribution >= 0.6 is 0 Å². The third kappa shape index (κ3) is 3.65. The zero-order valence-corrected chi connectivity index (χ0v) is 17.0. The summed E-state index contributed by atoms with van der Waals surface area (Å²) >= 11 is 0. The monoisotopic (exact) mass is 540 g/mol. The average molecular weight is 540 g/mol. The number of aliphatic hydroxyl groups is 2. The molecule has 0 radical (unpaired) electrons. The van der Waals surface area contributed by atoms with Crippen LogP contribution in [-0.4, -0.2) is 34.9 Å². The maximum absolute atomic E-state index is 13.5. The lowest BCUT2D eigenvalue weighted by Gasteiger charge is -2.35. The molecule has 0 aliphatic heterocycles. The van der Waals surface area contributed by atoms with Crippen molar-refractivity contribution in [2.24, 2.45) is 0 Å². The molecule has 0 heterocycles. The first kappa shape index (κ1) is 27.4. The highest BCUT2D eigenvalue weighted by Crippen LogP contribution is 2.56. The van der Waals surface area contributed by atoms with Gasteiger partial charge in [0, 0.05) is 22.5 Å². The number of hydrogen-bond acceptors (Lipinski definition) is 4. The molecule has 36 heavy (non-hydrogen) atoms. The van der Waals surface area contributed by atoms with E-state index in [0.717, 1.165) is 0 Å². The molecule has 3 aromatic carbocycles. The fourth-order valence-corrected chi connectivity index (χ4v) is 3.87. The van der Waals surface area contributed by atoms with Crippen LogP contribution in [-0.2, 0) is 11.2 Å². The molecule has 0 unspecified atom stereocenters. The number of hydrogen-bond donors (Lipinski definition) is 4. The minimum atomic E-state index is -6.40. The van der Waals surface area contributed by atoms with Crippen LogP contribution in [0.3, 0.4) is 0 Å². The fraction of sp³-hybridized carbons (Fsp3) is 0.300. The fourth-order valence-electron chi connectivity index (χ4n) is 3.87. The molecule has 0 bridgehead atoms. The molecule has 3 rings (SSSR count). The number of benzene rings is 3. The van der Waals surface area contributed by atoms with Crippen molar-refractivity contribution in [3.8, 4) is 0 Å². The van der Waals surface area contributed by atoms with Gasteiger partial charge >= 0.3 is 24.7 Å². The number of alkyl halides is 12. The highest BCUT2D eigenvalue weighted by molar-refractivity contribution is 6.04. The SMILES string of the molecule is Nc1ccc2cc3c(C(O)(C(F)(F)F)C(F)(F)F)c(N)ccc3cc2c1C(O)(C(F)(F)F)C(F)(F)F. The van der Waals surface area contributed by atoms with Crippen LogP contribution in [0.5, 0.6) is 0 Å². The lowest BCUT2D eigenvalue weighted by molar-refractivity contribution is -0.376. The van der Waals surface area contributed by atoms with E-state index in [1.165, 1.54) is 0 Å². The average Bonchev–Trinajstić information content (AvgIpc) is 2.68. The van der Waals surface area contributed by atoms with Gasteiger partial charge in [-0.1, -0.05) is 12.1 Å². The summed E-state index contributed by atoms with van der Waals surface area (Å²) < 4.78 is 162. The number of rotatable bonds is 2. The lowest BCUT2D eigenvalue weighted by Crippen LogP contribution is -2.54. The van der Waals surface area contributed by atoms with Crippen LogP contribution in [0.4, 0.5) is 64.1 Å². The van der Waals surface area contributed by atoms with E-state index >= 15 is 0 Å². The van der Waals surface area contributed by atoms with Crippen molar-refractivity contribution in [3.63, 3.8) is 0 Å². The van der Waals surface area contributed by atoms with Crippen molar-refractivity contribution in [2.45, 2.75) is 35.9 Å². The van der Waals surface area contributed by atoms with Crippen LogP contribution in [0.1, 0.15) is 11.1 Å². The van der Waals surface area contributed by atoms with E-state index in [0.29, 0.717) is 36.4 Å². The minimum absolute atomic E-state index is 0.370. The molecule has 0 saturated carbocycles. The Hall–Kier alpha value is -3.14. The second-order valence-corrected chi connectivity index (χ2v) is 7.77. The largest absolute Gasteiger partial charge is 0.430 e. The maximum atomic E-state index is 13.5. The molecule has 3 aromatic rings. The van der Waals surface area contributed by atoms with Gasteiger partial charge in [0.2, 0.25) is 0 Å². The number of nitrogens with two attached hydrogens (primary N) is 2. The van der Waals surface area contributed by atoms with Gasteiger partial charge in [-0.15, -0.1) is 0 Å². The highest BCUT2D eigenvalue weighted by Gasteiger charge is 2.73. The Morgan fingerprint density at radius 2 is 0.722 bits per heavy atom. The van der Waals surface area contributed by atoms with E-state index in [1.807, 2.05) is 0 Å². The van der Waals surface area contributed by atoms with Gasteiger partial charge in [0.05, 0.1) is 0 Å². The standard InChI is InChI=1S/C20H12F12N2O2/c21-17(22,23)15(35,18(24,25)26)13-9-6-8-2-4-12(34)14(10(8)5-7(9)1-3-11(13)33)16(36,19(27,28)29)20(30,31)32/h1-6,35-36H,33-34H2. The summed E-state index contributed by atoms with van der Waals surface area (Å²) in [5.41, 5.74) is -6.80. The summed E-state index contributed by atoms with van der Waals surface area (Å²) in [5, 5.41) is 16.0. The smallest absolute Gasteiger partial charge is 0.398 e. The molecule has 0 atom stereocenters. The Labute approximate surface area is 191 Å². The van der Waals surface area contributed by atoms with Crippen molar-refractivity contribution < 1.29 is 62.9 Å². The molecule has 0 aliphatic rings. The topological polar surface area (TPSA) is 92.5 Å². The Bertz CT molecular complexity index is 1210. The van der Waals surface area contributed by atoms with Crippen molar-refractivity contribution in [1.29, 1.82) is 0 Å². The van der Waals surface area contributed by atoms with Crippen LogP contribution in [0.25, 0.3) is 21.5 Å². The molecule has 16 heteroatoms. The number of halogens is 12. The van der Waals surface area contributed by atoms with Crippen LogP contribution in [0, 0.1) is 0 Å². The molecular weight excluding hydrogens is 528 g/mol. The molecule has 0 fully saturated rings. The summed E-state index contributed by atoms with van der Waals surface area (Å²) in [7, 11) is 0. The summed E-state index contributed by atoms with van der Waals surface area (Å²) in [5.74, 6) is 0. The summed E-state index contributed by atoms with van der Waals surface area (Å²) in [6.45, 7) is 0. The first-order valence-electron chi connectivity index (χ1n) is 9.27. The number of anilines is 2. The second-order valence-electron chi connectivity index (χ2n) is 7.77. The zero-order valence-electron chi connectivity index (χ0n) is 17.0. The van der Waals surface area contributed by atoms with Gasteiger partial charge in [-0.25, -0.2) is 0 Å². The maximum Gasteiger partial charge on any atom is 0.430 e. The molecule has 0 aromatic heterocycles. The van der Waals surface area contributed by atoms with Crippen LogP contribution in [0.15, 0.2) is 36.4 Å². The van der Waals surface area contributed by atoms with E-state index < -0.39 is 80.0 Å².